The van der Waals surface area contributed by atoms with Crippen LogP contribution in [0.1, 0.15) is 27.4 Å². The van der Waals surface area contributed by atoms with Gasteiger partial charge in [0.1, 0.15) is 6.04 Å². The zero-order valence-corrected chi connectivity index (χ0v) is 17.6. The number of aromatic nitrogens is 1. The molecule has 3 aromatic rings. The molecule has 154 valence electrons. The summed E-state index contributed by atoms with van der Waals surface area (Å²) in [5, 5.41) is 21.3. The Morgan fingerprint density at radius 3 is 2.38 bits per heavy atom. The van der Waals surface area contributed by atoms with Crippen LogP contribution in [-0.4, -0.2) is 22.9 Å². The maximum absolute atomic E-state index is 14.0. The van der Waals surface area contributed by atoms with Crippen molar-refractivity contribution in [1.82, 2.24) is 4.98 Å². The smallest absolute Gasteiger partial charge is 0.185 e. The van der Waals surface area contributed by atoms with Crippen LogP contribution >= 0.6 is 11.6 Å². The van der Waals surface area contributed by atoms with Crippen molar-refractivity contribution in [2.24, 2.45) is 5.41 Å². The molecule has 2 aliphatic rings. The second-order valence-electron chi connectivity index (χ2n) is 7.94. The molecule has 2 aliphatic heterocycles. The van der Waals surface area contributed by atoms with Crippen molar-refractivity contribution in [3.8, 4) is 12.1 Å². The summed E-state index contributed by atoms with van der Waals surface area (Å²) in [6, 6.07) is 21.3. The lowest BCUT2D eigenvalue weighted by Gasteiger charge is -2.35. The van der Waals surface area contributed by atoms with Gasteiger partial charge in [-0.05, 0) is 53.6 Å². The molecule has 32 heavy (non-hydrogen) atoms. The van der Waals surface area contributed by atoms with Crippen LogP contribution in [0.3, 0.4) is 0 Å². The van der Waals surface area contributed by atoms with Gasteiger partial charge in [-0.3, -0.25) is 9.78 Å². The molecule has 5 nitrogen and oxygen atoms in total. The molecule has 1 aromatic heterocycles. The highest BCUT2D eigenvalue weighted by Gasteiger charge is 2.63. The normalized spacial score (nSPS) is 22.3. The SMILES string of the molecule is N#CC1(C#N)[C@H](c2ccncc2)[C@@H](C(=O)c2ccc(Cl)cc2)N2c3ccccc3C=C[C@@H]21. The molecule has 0 amide bonds. The standard InChI is InChI=1S/C26H17ClN4O/c27-20-8-5-19(6-9-20)25(32)24-23(18-11-13-30-14-12-18)26(15-28,16-29)22-10-7-17-3-1-2-4-21(17)31(22)24/h1-14,22-24H/t22-,23-,24+/m1/s1. The number of hydrogen-bond acceptors (Lipinski definition) is 5. The topological polar surface area (TPSA) is 80.8 Å². The fourth-order valence-electron chi connectivity index (χ4n) is 4.96. The average Bonchev–Trinajstić information content (AvgIpc) is 3.15. The summed E-state index contributed by atoms with van der Waals surface area (Å²) < 4.78 is 0. The van der Waals surface area contributed by atoms with Crippen molar-refractivity contribution in [2.75, 3.05) is 4.90 Å². The van der Waals surface area contributed by atoms with Crippen LogP contribution in [-0.2, 0) is 0 Å². The number of hydrogen-bond donors (Lipinski definition) is 0. The number of carbonyl (C=O) groups is 1. The lowest BCUT2D eigenvalue weighted by Crippen LogP contribution is -2.44. The maximum Gasteiger partial charge on any atom is 0.185 e. The van der Waals surface area contributed by atoms with Gasteiger partial charge < -0.3 is 4.90 Å². The highest BCUT2D eigenvalue weighted by atomic mass is 35.5. The van der Waals surface area contributed by atoms with Crippen molar-refractivity contribution >= 4 is 29.1 Å². The molecule has 1 fully saturated rings. The number of carbonyl (C=O) groups excluding carboxylic acids is 1. The molecule has 0 saturated carbocycles. The van der Waals surface area contributed by atoms with Gasteiger partial charge in [0.15, 0.2) is 11.2 Å². The number of anilines is 1. The molecule has 2 aromatic carbocycles. The Hall–Kier alpha value is -3.93. The van der Waals surface area contributed by atoms with Crippen LogP contribution in [0.5, 0.6) is 0 Å². The number of nitrogens with zero attached hydrogens (tertiary/aromatic N) is 4. The van der Waals surface area contributed by atoms with Gasteiger partial charge >= 0.3 is 0 Å². The Labute approximate surface area is 190 Å². The number of nitriles is 2. The van der Waals surface area contributed by atoms with E-state index in [1.807, 2.05) is 41.3 Å². The summed E-state index contributed by atoms with van der Waals surface area (Å²) in [5.41, 5.74) is 1.53. The summed E-state index contributed by atoms with van der Waals surface area (Å²) >= 11 is 6.04. The van der Waals surface area contributed by atoms with Gasteiger partial charge in [-0.1, -0.05) is 42.0 Å². The van der Waals surface area contributed by atoms with Gasteiger partial charge in [-0.15, -0.1) is 0 Å². The number of halogens is 1. The van der Waals surface area contributed by atoms with Crippen molar-refractivity contribution < 1.29 is 4.79 Å². The van der Waals surface area contributed by atoms with E-state index in [4.69, 9.17) is 11.6 Å². The van der Waals surface area contributed by atoms with E-state index in [1.54, 1.807) is 48.8 Å². The number of pyridine rings is 1. The summed E-state index contributed by atoms with van der Waals surface area (Å²) in [6.07, 6.45) is 7.05. The first-order valence-electron chi connectivity index (χ1n) is 10.2. The Balaban J connectivity index is 1.78. The van der Waals surface area contributed by atoms with E-state index in [-0.39, 0.29) is 5.78 Å². The first kappa shape index (κ1) is 20.0. The summed E-state index contributed by atoms with van der Waals surface area (Å²) in [5.74, 6) is -0.838. The van der Waals surface area contributed by atoms with E-state index in [0.29, 0.717) is 10.6 Å². The number of benzene rings is 2. The van der Waals surface area contributed by atoms with Crippen LogP contribution in [0.15, 0.2) is 79.1 Å². The van der Waals surface area contributed by atoms with Gasteiger partial charge in [0.2, 0.25) is 0 Å². The summed E-state index contributed by atoms with van der Waals surface area (Å²) in [6.45, 7) is 0. The Bertz CT molecular complexity index is 1290. The molecule has 0 N–H and O–H groups in total. The monoisotopic (exact) mass is 436 g/mol. The average molecular weight is 437 g/mol. The van der Waals surface area contributed by atoms with Crippen LogP contribution < -0.4 is 4.90 Å². The third kappa shape index (κ3) is 2.83. The molecule has 6 heteroatoms. The van der Waals surface area contributed by atoms with E-state index < -0.39 is 23.4 Å². The predicted molar refractivity (Wildman–Crippen MR) is 122 cm³/mol. The largest absolute Gasteiger partial charge is 0.351 e. The Morgan fingerprint density at radius 2 is 1.69 bits per heavy atom. The third-order valence-corrected chi connectivity index (χ3v) is 6.63. The highest BCUT2D eigenvalue weighted by molar-refractivity contribution is 6.30. The number of rotatable bonds is 3. The van der Waals surface area contributed by atoms with E-state index >= 15 is 0 Å². The minimum atomic E-state index is -1.46. The van der Waals surface area contributed by atoms with E-state index in [9.17, 15) is 15.3 Å². The minimum absolute atomic E-state index is 0.161. The van der Waals surface area contributed by atoms with E-state index in [2.05, 4.69) is 17.1 Å². The van der Waals surface area contributed by atoms with Gasteiger partial charge in [-0.25, -0.2) is 0 Å². The van der Waals surface area contributed by atoms with Crippen molar-refractivity contribution in [3.05, 3.63) is 101 Å². The van der Waals surface area contributed by atoms with Gasteiger partial charge in [0.05, 0.1) is 18.2 Å². The number of ketones is 1. The zero-order valence-electron chi connectivity index (χ0n) is 16.9. The summed E-state index contributed by atoms with van der Waals surface area (Å²) in [4.78, 5) is 20.0. The molecular weight excluding hydrogens is 420 g/mol. The molecule has 5 rings (SSSR count). The molecule has 3 heterocycles. The molecular formula is C26H17ClN4O. The molecule has 0 bridgehead atoms. The van der Waals surface area contributed by atoms with Gasteiger partial charge in [0.25, 0.3) is 0 Å². The number of fused-ring (bicyclic) bond motifs is 3. The second kappa shape index (κ2) is 7.64. The summed E-state index contributed by atoms with van der Waals surface area (Å²) in [7, 11) is 0. The van der Waals surface area contributed by atoms with Gasteiger partial charge in [0, 0.05) is 34.6 Å². The molecule has 0 aliphatic carbocycles. The van der Waals surface area contributed by atoms with E-state index in [1.165, 1.54) is 0 Å². The fraction of sp³-hybridized carbons (Fsp3) is 0.154. The lowest BCUT2D eigenvalue weighted by atomic mass is 9.69. The van der Waals surface area contributed by atoms with Crippen molar-refractivity contribution in [3.63, 3.8) is 0 Å². The quantitative estimate of drug-likeness (QED) is 0.538. The minimum Gasteiger partial charge on any atom is -0.351 e. The fourth-order valence-corrected chi connectivity index (χ4v) is 5.09. The van der Waals surface area contributed by atoms with Crippen LogP contribution in [0, 0.1) is 28.1 Å². The first-order chi connectivity index (χ1) is 15.6. The second-order valence-corrected chi connectivity index (χ2v) is 8.37. The van der Waals surface area contributed by atoms with Crippen LogP contribution in [0.25, 0.3) is 6.08 Å². The molecule has 0 radical (unpaired) electrons. The Kier molecular flexibility index (Phi) is 4.78. The molecule has 0 spiro atoms. The van der Waals surface area contributed by atoms with Crippen LogP contribution in [0.4, 0.5) is 5.69 Å². The molecule has 0 unspecified atom stereocenters. The zero-order chi connectivity index (χ0) is 22.3. The highest BCUT2D eigenvalue weighted by Crippen LogP contribution is 2.55. The predicted octanol–water partition coefficient (Wildman–Crippen LogP) is 5.02. The van der Waals surface area contributed by atoms with Crippen LogP contribution in [0.2, 0.25) is 5.02 Å². The first-order valence-corrected chi connectivity index (χ1v) is 10.6. The number of para-hydroxylation sites is 1. The number of Topliss-reactive ketones (excluding diaryl/α,β-unsaturated/α-hetero) is 1. The lowest BCUT2D eigenvalue weighted by molar-refractivity contribution is 0.0951. The molecule has 1 saturated heterocycles. The van der Waals surface area contributed by atoms with Crippen molar-refractivity contribution in [1.29, 1.82) is 10.5 Å². The van der Waals surface area contributed by atoms with E-state index in [0.717, 1.165) is 16.8 Å². The van der Waals surface area contributed by atoms with Crippen molar-refractivity contribution in [2.45, 2.75) is 18.0 Å². The molecule has 3 atom stereocenters. The Morgan fingerprint density at radius 1 is 1.00 bits per heavy atom. The maximum atomic E-state index is 14.0. The van der Waals surface area contributed by atoms with Gasteiger partial charge in [-0.2, -0.15) is 10.5 Å². The third-order valence-electron chi connectivity index (χ3n) is 6.38.